The molecule has 1 aromatic carbocycles. The first-order chi connectivity index (χ1) is 10.1. The Morgan fingerprint density at radius 1 is 1.48 bits per heavy atom. The lowest BCUT2D eigenvalue weighted by molar-refractivity contribution is 0.0731. The highest BCUT2D eigenvalue weighted by molar-refractivity contribution is 6.33. The van der Waals surface area contributed by atoms with E-state index in [1.54, 1.807) is 6.07 Å². The van der Waals surface area contributed by atoms with Crippen LogP contribution in [-0.4, -0.2) is 41.6 Å². The van der Waals surface area contributed by atoms with Gasteiger partial charge in [0.15, 0.2) is 0 Å². The van der Waals surface area contributed by atoms with Gasteiger partial charge < -0.3 is 15.3 Å². The summed E-state index contributed by atoms with van der Waals surface area (Å²) in [5.41, 5.74) is 0.376. The topological polar surface area (TPSA) is 52.6 Å². The van der Waals surface area contributed by atoms with Crippen molar-refractivity contribution in [3.05, 3.63) is 28.8 Å². The van der Waals surface area contributed by atoms with Crippen LogP contribution in [0.1, 0.15) is 43.0 Å². The summed E-state index contributed by atoms with van der Waals surface area (Å²) in [6, 6.07) is 4.85. The standard InChI is InChI=1S/C16H23ClN2O2/c1-2-9-19(11-12-5-3-4-8-18-12)16(21)14-10-13(20)6-7-15(14)17/h6-7,10,12,18,20H,2-5,8-9,11H2,1H3. The number of amides is 1. The lowest BCUT2D eigenvalue weighted by Crippen LogP contribution is -2.46. The Hall–Kier alpha value is -1.26. The molecule has 0 bridgehead atoms. The second-order valence-corrected chi connectivity index (χ2v) is 5.97. The molecule has 0 spiro atoms. The number of nitrogens with zero attached hydrogens (tertiary/aromatic N) is 1. The van der Waals surface area contributed by atoms with Crippen molar-refractivity contribution < 1.29 is 9.90 Å². The largest absolute Gasteiger partial charge is 0.508 e. The summed E-state index contributed by atoms with van der Waals surface area (Å²) in [5.74, 6) is -0.0416. The first-order valence-electron chi connectivity index (χ1n) is 7.63. The summed E-state index contributed by atoms with van der Waals surface area (Å²) in [4.78, 5) is 14.5. The van der Waals surface area contributed by atoms with Gasteiger partial charge in [0, 0.05) is 19.1 Å². The van der Waals surface area contributed by atoms with Gasteiger partial charge in [0.05, 0.1) is 10.6 Å². The molecular weight excluding hydrogens is 288 g/mol. The number of phenolic OH excluding ortho intramolecular Hbond substituents is 1. The molecule has 1 unspecified atom stereocenters. The van der Waals surface area contributed by atoms with Gasteiger partial charge >= 0.3 is 0 Å². The summed E-state index contributed by atoms with van der Waals surface area (Å²) in [6.45, 7) is 4.46. The molecule has 1 saturated heterocycles. The van der Waals surface area contributed by atoms with Gasteiger partial charge in [-0.2, -0.15) is 0 Å². The van der Waals surface area contributed by atoms with E-state index in [0.29, 0.717) is 29.7 Å². The third-order valence-electron chi connectivity index (χ3n) is 3.81. The zero-order valence-electron chi connectivity index (χ0n) is 12.4. The van der Waals surface area contributed by atoms with Crippen molar-refractivity contribution in [3.8, 4) is 5.75 Å². The Morgan fingerprint density at radius 2 is 2.29 bits per heavy atom. The quantitative estimate of drug-likeness (QED) is 0.879. The number of hydrogen-bond donors (Lipinski definition) is 2. The molecule has 0 aromatic heterocycles. The van der Waals surface area contributed by atoms with Crippen LogP contribution in [0.5, 0.6) is 5.75 Å². The van der Waals surface area contributed by atoms with E-state index in [1.165, 1.54) is 25.0 Å². The zero-order chi connectivity index (χ0) is 15.2. The minimum atomic E-state index is -0.106. The number of nitrogens with one attached hydrogen (secondary N) is 1. The number of carbonyl (C=O) groups excluding carboxylic acids is 1. The van der Waals surface area contributed by atoms with Gasteiger partial charge in [-0.25, -0.2) is 0 Å². The van der Waals surface area contributed by atoms with Gasteiger partial charge in [-0.1, -0.05) is 24.9 Å². The molecular formula is C16H23ClN2O2. The molecule has 1 aliphatic rings. The third-order valence-corrected chi connectivity index (χ3v) is 4.14. The molecule has 2 rings (SSSR count). The van der Waals surface area contributed by atoms with Gasteiger partial charge in [-0.15, -0.1) is 0 Å². The van der Waals surface area contributed by atoms with E-state index in [2.05, 4.69) is 12.2 Å². The van der Waals surface area contributed by atoms with E-state index in [1.807, 2.05) is 4.90 Å². The van der Waals surface area contributed by atoms with Crippen molar-refractivity contribution in [2.24, 2.45) is 0 Å². The van der Waals surface area contributed by atoms with Gasteiger partial charge in [0.1, 0.15) is 5.75 Å². The SMILES string of the molecule is CCCN(CC1CCCCN1)C(=O)c1cc(O)ccc1Cl. The number of benzene rings is 1. The lowest BCUT2D eigenvalue weighted by atomic mass is 10.0. The predicted molar refractivity (Wildman–Crippen MR) is 85.0 cm³/mol. The second kappa shape index (κ2) is 7.66. The van der Waals surface area contributed by atoms with Crippen molar-refractivity contribution >= 4 is 17.5 Å². The highest BCUT2D eigenvalue weighted by atomic mass is 35.5. The fourth-order valence-electron chi connectivity index (χ4n) is 2.74. The summed E-state index contributed by atoms with van der Waals surface area (Å²) in [5, 5.41) is 13.4. The third kappa shape index (κ3) is 4.35. The number of hydrogen-bond acceptors (Lipinski definition) is 3. The number of halogens is 1. The van der Waals surface area contributed by atoms with Crippen molar-refractivity contribution in [3.63, 3.8) is 0 Å². The van der Waals surface area contributed by atoms with E-state index >= 15 is 0 Å². The van der Waals surface area contributed by atoms with E-state index < -0.39 is 0 Å². The van der Waals surface area contributed by atoms with Crippen LogP contribution in [0.2, 0.25) is 5.02 Å². The molecule has 1 aromatic rings. The molecule has 0 radical (unpaired) electrons. The second-order valence-electron chi connectivity index (χ2n) is 5.56. The Labute approximate surface area is 131 Å². The van der Waals surface area contributed by atoms with Crippen molar-refractivity contribution in [2.75, 3.05) is 19.6 Å². The molecule has 1 amide bonds. The lowest BCUT2D eigenvalue weighted by Gasteiger charge is -2.30. The highest BCUT2D eigenvalue weighted by Gasteiger charge is 2.22. The van der Waals surface area contributed by atoms with Gasteiger partial charge in [-0.05, 0) is 44.0 Å². The van der Waals surface area contributed by atoms with E-state index in [9.17, 15) is 9.90 Å². The molecule has 0 saturated carbocycles. The predicted octanol–water partition coefficient (Wildman–Crippen LogP) is 3.04. The Morgan fingerprint density at radius 3 is 2.95 bits per heavy atom. The molecule has 4 nitrogen and oxygen atoms in total. The summed E-state index contributed by atoms with van der Waals surface area (Å²) >= 11 is 6.10. The Bertz CT molecular complexity index is 487. The van der Waals surface area contributed by atoms with Crippen molar-refractivity contribution in [1.29, 1.82) is 0 Å². The fourth-order valence-corrected chi connectivity index (χ4v) is 2.94. The number of aromatic hydroxyl groups is 1. The minimum absolute atomic E-state index is 0.0648. The molecule has 5 heteroatoms. The van der Waals surface area contributed by atoms with Crippen LogP contribution in [0.25, 0.3) is 0 Å². The van der Waals surface area contributed by atoms with Crippen LogP contribution < -0.4 is 5.32 Å². The van der Waals surface area contributed by atoms with Gasteiger partial charge in [0.2, 0.25) is 0 Å². The molecule has 21 heavy (non-hydrogen) atoms. The maximum Gasteiger partial charge on any atom is 0.255 e. The average molecular weight is 311 g/mol. The zero-order valence-corrected chi connectivity index (χ0v) is 13.2. The van der Waals surface area contributed by atoms with Gasteiger partial charge in [0.25, 0.3) is 5.91 Å². The number of phenols is 1. The smallest absolute Gasteiger partial charge is 0.255 e. The van der Waals surface area contributed by atoms with E-state index in [0.717, 1.165) is 19.4 Å². The van der Waals surface area contributed by atoms with Crippen LogP contribution in [-0.2, 0) is 0 Å². The van der Waals surface area contributed by atoms with Gasteiger partial charge in [-0.3, -0.25) is 4.79 Å². The molecule has 2 N–H and O–H groups in total. The van der Waals surface area contributed by atoms with E-state index in [-0.39, 0.29) is 11.7 Å². The number of piperidine rings is 1. The molecule has 0 aliphatic carbocycles. The fraction of sp³-hybridized carbons (Fsp3) is 0.562. The molecule has 1 aliphatic heterocycles. The summed E-state index contributed by atoms with van der Waals surface area (Å²) < 4.78 is 0. The first-order valence-corrected chi connectivity index (χ1v) is 8.00. The summed E-state index contributed by atoms with van der Waals surface area (Å²) in [6.07, 6.45) is 4.41. The Kier molecular flexibility index (Phi) is 5.88. The van der Waals surface area contributed by atoms with Crippen molar-refractivity contribution in [2.45, 2.75) is 38.6 Å². The first kappa shape index (κ1) is 16.1. The monoisotopic (exact) mass is 310 g/mol. The minimum Gasteiger partial charge on any atom is -0.508 e. The molecule has 1 fully saturated rings. The number of carbonyl (C=O) groups is 1. The molecule has 1 heterocycles. The van der Waals surface area contributed by atoms with Crippen LogP contribution in [0.3, 0.4) is 0 Å². The number of rotatable bonds is 5. The van der Waals surface area contributed by atoms with Crippen LogP contribution in [0, 0.1) is 0 Å². The van der Waals surface area contributed by atoms with E-state index in [4.69, 9.17) is 11.6 Å². The normalized spacial score (nSPS) is 18.5. The highest BCUT2D eigenvalue weighted by Crippen LogP contribution is 2.23. The molecule has 1 atom stereocenters. The Balaban J connectivity index is 2.12. The van der Waals surface area contributed by atoms with Crippen LogP contribution in [0.4, 0.5) is 0 Å². The maximum atomic E-state index is 12.7. The van der Waals surface area contributed by atoms with Crippen LogP contribution >= 0.6 is 11.6 Å². The molecule has 116 valence electrons. The van der Waals surface area contributed by atoms with Crippen LogP contribution in [0.15, 0.2) is 18.2 Å². The maximum absolute atomic E-state index is 12.7. The van der Waals surface area contributed by atoms with Crippen molar-refractivity contribution in [1.82, 2.24) is 10.2 Å². The average Bonchev–Trinajstić information content (AvgIpc) is 2.49. The summed E-state index contributed by atoms with van der Waals surface area (Å²) in [7, 11) is 0.